The molecule has 1 saturated heterocycles. The van der Waals surface area contributed by atoms with E-state index < -0.39 is 0 Å². The van der Waals surface area contributed by atoms with Crippen LogP contribution in [0.2, 0.25) is 0 Å². The van der Waals surface area contributed by atoms with Crippen LogP contribution in [0, 0.1) is 18.7 Å². The Balaban J connectivity index is 1.81. The Morgan fingerprint density at radius 3 is 2.55 bits per heavy atom. The van der Waals surface area contributed by atoms with E-state index in [1.54, 1.807) is 0 Å². The zero-order valence-electron chi connectivity index (χ0n) is 12.3. The standard InChI is InChI=1S/C18H16FNO2/c1-12-3-2-4-13(9-12)10-14-11-17(21)20(18(14)22)16-7-5-15(19)6-8-16/h2-9,14H,10-11H2,1H3. The van der Waals surface area contributed by atoms with Gasteiger partial charge in [-0.1, -0.05) is 29.8 Å². The highest BCUT2D eigenvalue weighted by atomic mass is 19.1. The van der Waals surface area contributed by atoms with Gasteiger partial charge in [0.15, 0.2) is 0 Å². The lowest BCUT2D eigenvalue weighted by atomic mass is 9.97. The Morgan fingerprint density at radius 2 is 1.86 bits per heavy atom. The molecule has 3 nitrogen and oxygen atoms in total. The molecule has 1 aliphatic heterocycles. The molecule has 112 valence electrons. The van der Waals surface area contributed by atoms with E-state index in [9.17, 15) is 14.0 Å². The van der Waals surface area contributed by atoms with Crippen molar-refractivity contribution >= 4 is 17.5 Å². The number of benzene rings is 2. The molecule has 1 atom stereocenters. The Kier molecular flexibility index (Phi) is 3.75. The van der Waals surface area contributed by atoms with Crippen LogP contribution in [0.15, 0.2) is 48.5 Å². The zero-order valence-corrected chi connectivity index (χ0v) is 12.3. The minimum Gasteiger partial charge on any atom is -0.274 e. The van der Waals surface area contributed by atoms with Crippen molar-refractivity contribution in [1.82, 2.24) is 0 Å². The van der Waals surface area contributed by atoms with E-state index in [1.165, 1.54) is 29.2 Å². The number of rotatable bonds is 3. The maximum Gasteiger partial charge on any atom is 0.237 e. The predicted octanol–water partition coefficient (Wildman–Crippen LogP) is 3.26. The van der Waals surface area contributed by atoms with E-state index in [0.717, 1.165) is 11.1 Å². The van der Waals surface area contributed by atoms with Gasteiger partial charge in [-0.15, -0.1) is 0 Å². The molecule has 0 bridgehead atoms. The molecule has 3 rings (SSSR count). The summed E-state index contributed by atoms with van der Waals surface area (Å²) in [7, 11) is 0. The van der Waals surface area contributed by atoms with Crippen LogP contribution in [0.4, 0.5) is 10.1 Å². The first-order valence-electron chi connectivity index (χ1n) is 7.22. The lowest BCUT2D eigenvalue weighted by Crippen LogP contribution is -2.30. The third-order valence-electron chi connectivity index (χ3n) is 3.89. The van der Waals surface area contributed by atoms with Gasteiger partial charge in [0.2, 0.25) is 11.8 Å². The number of carbonyl (C=O) groups excluding carboxylic acids is 2. The van der Waals surface area contributed by atoms with Crippen LogP contribution >= 0.6 is 0 Å². The maximum absolute atomic E-state index is 13.0. The normalized spacial score (nSPS) is 18.1. The SMILES string of the molecule is Cc1cccc(CC2CC(=O)N(c3ccc(F)cc3)C2=O)c1. The summed E-state index contributed by atoms with van der Waals surface area (Å²) >= 11 is 0. The van der Waals surface area contributed by atoms with Crippen LogP contribution in [0.25, 0.3) is 0 Å². The van der Waals surface area contributed by atoms with Gasteiger partial charge < -0.3 is 0 Å². The largest absolute Gasteiger partial charge is 0.274 e. The summed E-state index contributed by atoms with van der Waals surface area (Å²) in [5.41, 5.74) is 2.61. The monoisotopic (exact) mass is 297 g/mol. The fourth-order valence-electron chi connectivity index (χ4n) is 2.84. The second kappa shape index (κ2) is 5.72. The van der Waals surface area contributed by atoms with E-state index in [1.807, 2.05) is 31.2 Å². The van der Waals surface area contributed by atoms with Crippen molar-refractivity contribution in [2.24, 2.45) is 5.92 Å². The number of carbonyl (C=O) groups is 2. The van der Waals surface area contributed by atoms with Crippen molar-refractivity contribution in [2.75, 3.05) is 4.90 Å². The molecule has 2 aromatic rings. The lowest BCUT2D eigenvalue weighted by Gasteiger charge is -2.15. The minimum absolute atomic E-state index is 0.199. The summed E-state index contributed by atoms with van der Waals surface area (Å²) < 4.78 is 13.0. The molecule has 2 amide bonds. The smallest absolute Gasteiger partial charge is 0.237 e. The summed E-state index contributed by atoms with van der Waals surface area (Å²) in [6, 6.07) is 13.4. The summed E-state index contributed by atoms with van der Waals surface area (Å²) in [6.45, 7) is 2.00. The van der Waals surface area contributed by atoms with Crippen LogP contribution in [0.3, 0.4) is 0 Å². The molecule has 0 radical (unpaired) electrons. The summed E-state index contributed by atoms with van der Waals surface area (Å²) in [6.07, 6.45) is 0.744. The van der Waals surface area contributed by atoms with E-state index in [2.05, 4.69) is 0 Å². The van der Waals surface area contributed by atoms with Gasteiger partial charge in [-0.2, -0.15) is 0 Å². The van der Waals surface area contributed by atoms with Gasteiger partial charge in [0.05, 0.1) is 11.6 Å². The average Bonchev–Trinajstić information content (AvgIpc) is 2.75. The van der Waals surface area contributed by atoms with Gasteiger partial charge in [0.1, 0.15) is 5.82 Å². The van der Waals surface area contributed by atoms with E-state index in [4.69, 9.17) is 0 Å². The maximum atomic E-state index is 13.0. The van der Waals surface area contributed by atoms with E-state index in [0.29, 0.717) is 12.1 Å². The first-order valence-corrected chi connectivity index (χ1v) is 7.22. The topological polar surface area (TPSA) is 37.4 Å². The number of aryl methyl sites for hydroxylation is 1. The molecule has 1 heterocycles. The molecular weight excluding hydrogens is 281 g/mol. The zero-order chi connectivity index (χ0) is 15.7. The molecule has 0 N–H and O–H groups in total. The number of hydrogen-bond acceptors (Lipinski definition) is 2. The molecular formula is C18H16FNO2. The molecule has 22 heavy (non-hydrogen) atoms. The highest BCUT2D eigenvalue weighted by Crippen LogP contribution is 2.29. The second-order valence-corrected chi connectivity index (χ2v) is 5.64. The first kappa shape index (κ1) is 14.4. The van der Waals surface area contributed by atoms with Gasteiger partial charge in [-0.05, 0) is 43.2 Å². The van der Waals surface area contributed by atoms with Crippen molar-refractivity contribution in [3.63, 3.8) is 0 Å². The van der Waals surface area contributed by atoms with Crippen molar-refractivity contribution < 1.29 is 14.0 Å². The number of imide groups is 1. The number of amides is 2. The number of halogens is 1. The second-order valence-electron chi connectivity index (χ2n) is 5.64. The minimum atomic E-state index is -0.390. The Labute approximate surface area is 128 Å². The van der Waals surface area contributed by atoms with Crippen molar-refractivity contribution in [3.05, 3.63) is 65.5 Å². The highest BCUT2D eigenvalue weighted by molar-refractivity contribution is 6.20. The predicted molar refractivity (Wildman–Crippen MR) is 81.9 cm³/mol. The first-order chi connectivity index (χ1) is 10.5. The molecule has 0 saturated carbocycles. The molecule has 2 aromatic carbocycles. The molecule has 0 aromatic heterocycles. The number of hydrogen-bond donors (Lipinski definition) is 0. The van der Waals surface area contributed by atoms with Crippen LogP contribution in [-0.2, 0) is 16.0 Å². The fourth-order valence-corrected chi connectivity index (χ4v) is 2.84. The summed E-state index contributed by atoms with van der Waals surface area (Å²) in [5.74, 6) is -1.18. The van der Waals surface area contributed by atoms with Gasteiger partial charge in [0.25, 0.3) is 0 Å². The van der Waals surface area contributed by atoms with Crippen LogP contribution < -0.4 is 4.90 Å². The molecule has 1 fully saturated rings. The quantitative estimate of drug-likeness (QED) is 0.816. The fraction of sp³-hybridized carbons (Fsp3) is 0.222. The van der Waals surface area contributed by atoms with Gasteiger partial charge in [0, 0.05) is 6.42 Å². The third kappa shape index (κ3) is 2.77. The van der Waals surface area contributed by atoms with E-state index in [-0.39, 0.29) is 30.0 Å². The lowest BCUT2D eigenvalue weighted by molar-refractivity contribution is -0.122. The highest BCUT2D eigenvalue weighted by Gasteiger charge is 2.39. The molecule has 4 heteroatoms. The van der Waals surface area contributed by atoms with Crippen molar-refractivity contribution in [3.8, 4) is 0 Å². The Morgan fingerprint density at radius 1 is 1.14 bits per heavy atom. The number of nitrogens with zero attached hydrogens (tertiary/aromatic N) is 1. The van der Waals surface area contributed by atoms with Crippen LogP contribution in [0.1, 0.15) is 17.5 Å². The molecule has 0 spiro atoms. The van der Waals surface area contributed by atoms with Gasteiger partial charge in [-0.25, -0.2) is 4.39 Å². The van der Waals surface area contributed by atoms with Gasteiger partial charge in [-0.3, -0.25) is 14.5 Å². The van der Waals surface area contributed by atoms with Crippen molar-refractivity contribution in [2.45, 2.75) is 19.8 Å². The van der Waals surface area contributed by atoms with Crippen molar-refractivity contribution in [1.29, 1.82) is 0 Å². The Bertz CT molecular complexity index is 724. The molecule has 1 unspecified atom stereocenters. The summed E-state index contributed by atoms with van der Waals surface area (Å²) in [4.78, 5) is 25.8. The summed E-state index contributed by atoms with van der Waals surface area (Å²) in [5, 5.41) is 0. The van der Waals surface area contributed by atoms with Gasteiger partial charge >= 0.3 is 0 Å². The Hall–Kier alpha value is -2.49. The molecule has 0 aliphatic carbocycles. The number of anilines is 1. The van der Waals surface area contributed by atoms with Crippen LogP contribution in [-0.4, -0.2) is 11.8 Å². The van der Waals surface area contributed by atoms with Crippen LogP contribution in [0.5, 0.6) is 0 Å². The van der Waals surface area contributed by atoms with E-state index >= 15 is 0 Å². The average molecular weight is 297 g/mol. The third-order valence-corrected chi connectivity index (χ3v) is 3.89. The molecule has 1 aliphatic rings.